The van der Waals surface area contributed by atoms with Gasteiger partial charge in [-0.3, -0.25) is 4.57 Å². The third kappa shape index (κ3) is 8.77. The van der Waals surface area contributed by atoms with Crippen LogP contribution < -0.4 is 5.73 Å². The Morgan fingerprint density at radius 2 is 1.58 bits per heavy atom. The summed E-state index contributed by atoms with van der Waals surface area (Å²) >= 11 is 0. The normalized spacial score (nSPS) is 11.9. The van der Waals surface area contributed by atoms with Crippen LogP contribution in [0, 0.1) is 0 Å². The highest BCUT2D eigenvalue weighted by Gasteiger charge is 2.42. The summed E-state index contributed by atoms with van der Waals surface area (Å²) in [4.78, 5) is 18.7. The van der Waals surface area contributed by atoms with Crippen LogP contribution in [0.1, 0.15) is 65.7 Å². The van der Waals surface area contributed by atoms with Crippen LogP contribution in [0.4, 0.5) is 0 Å². The lowest BCUT2D eigenvalue weighted by atomic mass is 9.95. The van der Waals surface area contributed by atoms with Gasteiger partial charge in [-0.15, -0.1) is 0 Å². The van der Waals surface area contributed by atoms with Crippen molar-refractivity contribution in [2.75, 3.05) is 13.2 Å². The van der Waals surface area contributed by atoms with Crippen molar-refractivity contribution in [1.82, 2.24) is 0 Å². The highest BCUT2D eigenvalue weighted by Crippen LogP contribution is 2.56. The molecule has 6 heteroatoms. The number of unbranched alkanes of at least 4 members (excludes halogenated alkanes) is 2. The van der Waals surface area contributed by atoms with Crippen LogP contribution in [0.5, 0.6) is 0 Å². The van der Waals surface area contributed by atoms with Gasteiger partial charge in [0.1, 0.15) is 0 Å². The molecule has 0 aromatic heterocycles. The summed E-state index contributed by atoms with van der Waals surface area (Å²) in [7, 11) is -3.95. The lowest BCUT2D eigenvalue weighted by molar-refractivity contribution is 0.291. The largest absolute Gasteiger partial charge is 0.396 e. The van der Waals surface area contributed by atoms with Crippen molar-refractivity contribution in [3.8, 4) is 0 Å². The lowest BCUT2D eigenvalue weighted by Gasteiger charge is -2.32. The van der Waals surface area contributed by atoms with E-state index in [9.17, 15) is 14.4 Å². The Bertz CT molecular complexity index is 237. The fourth-order valence-corrected chi connectivity index (χ4v) is 3.23. The average Bonchev–Trinajstić information content (AvgIpc) is 2.35. The van der Waals surface area contributed by atoms with Crippen molar-refractivity contribution >= 4 is 7.60 Å². The fraction of sp³-hybridized carbons (Fsp3) is 1.00. The Labute approximate surface area is 117 Å². The minimum absolute atomic E-state index is 0.219. The van der Waals surface area contributed by atoms with Gasteiger partial charge in [-0.1, -0.05) is 40.0 Å². The molecule has 0 aliphatic carbocycles. The van der Waals surface area contributed by atoms with Gasteiger partial charge in [0.2, 0.25) is 0 Å². The summed E-state index contributed by atoms with van der Waals surface area (Å²) in [6.45, 7) is 6.65. The van der Waals surface area contributed by atoms with Gasteiger partial charge in [-0.2, -0.15) is 0 Å². The summed E-state index contributed by atoms with van der Waals surface area (Å²) in [5.41, 5.74) is 4.98. The number of aliphatic hydroxyl groups excluding tert-OH is 1. The standard InChI is InChI=1S/C10H23O3P.C3H9NO/c1-4-7-8-9-10(5-2,6-3)14(11,12)13;4-2-1-3-5/h4-9H2,1-3H3,(H2,11,12,13);5H,1-4H2. The summed E-state index contributed by atoms with van der Waals surface area (Å²) in [6, 6.07) is 0. The Kier molecular flexibility index (Phi) is 13.3. The van der Waals surface area contributed by atoms with Crippen molar-refractivity contribution in [1.29, 1.82) is 0 Å². The van der Waals surface area contributed by atoms with Crippen LogP contribution in [0.3, 0.4) is 0 Å². The molecular weight excluding hydrogens is 265 g/mol. The maximum Gasteiger partial charge on any atom is 0.331 e. The molecule has 5 nitrogen and oxygen atoms in total. The Morgan fingerprint density at radius 3 is 1.79 bits per heavy atom. The van der Waals surface area contributed by atoms with Crippen LogP contribution >= 0.6 is 7.60 Å². The molecule has 0 atom stereocenters. The van der Waals surface area contributed by atoms with Gasteiger partial charge in [-0.05, 0) is 32.2 Å². The zero-order valence-electron chi connectivity index (χ0n) is 12.6. The maximum absolute atomic E-state index is 11.4. The number of rotatable bonds is 9. The highest BCUT2D eigenvalue weighted by atomic mass is 31.2. The molecule has 0 saturated carbocycles. The minimum atomic E-state index is -3.95. The molecule has 0 fully saturated rings. The second-order valence-electron chi connectivity index (χ2n) is 4.80. The molecular formula is C13H32NO4P. The predicted molar refractivity (Wildman–Crippen MR) is 80.3 cm³/mol. The summed E-state index contributed by atoms with van der Waals surface area (Å²) in [5.74, 6) is 0. The van der Waals surface area contributed by atoms with Crippen molar-refractivity contribution in [2.24, 2.45) is 5.73 Å². The van der Waals surface area contributed by atoms with E-state index in [1.807, 2.05) is 13.8 Å². The molecule has 0 aromatic rings. The van der Waals surface area contributed by atoms with Crippen LogP contribution in [-0.2, 0) is 4.57 Å². The minimum Gasteiger partial charge on any atom is -0.396 e. The fourth-order valence-electron chi connectivity index (χ4n) is 1.96. The first kappa shape index (κ1) is 21.4. The van der Waals surface area contributed by atoms with Gasteiger partial charge in [0, 0.05) is 6.61 Å². The molecule has 118 valence electrons. The molecule has 0 saturated heterocycles. The molecule has 0 rings (SSSR count). The van der Waals surface area contributed by atoms with Crippen molar-refractivity contribution < 1.29 is 19.5 Å². The van der Waals surface area contributed by atoms with Crippen LogP contribution in [0.25, 0.3) is 0 Å². The second kappa shape index (κ2) is 11.9. The monoisotopic (exact) mass is 297 g/mol. The van der Waals surface area contributed by atoms with E-state index in [0.29, 0.717) is 25.8 Å². The molecule has 0 unspecified atom stereocenters. The number of hydrogen-bond donors (Lipinski definition) is 4. The Morgan fingerprint density at radius 1 is 1.05 bits per heavy atom. The third-order valence-corrected chi connectivity index (χ3v) is 5.63. The van der Waals surface area contributed by atoms with Crippen LogP contribution in [-0.4, -0.2) is 33.2 Å². The van der Waals surface area contributed by atoms with Crippen molar-refractivity contribution in [3.63, 3.8) is 0 Å². The van der Waals surface area contributed by atoms with E-state index in [-0.39, 0.29) is 6.61 Å². The van der Waals surface area contributed by atoms with E-state index < -0.39 is 12.8 Å². The van der Waals surface area contributed by atoms with Gasteiger partial charge < -0.3 is 20.6 Å². The maximum atomic E-state index is 11.4. The van der Waals surface area contributed by atoms with Crippen molar-refractivity contribution in [3.05, 3.63) is 0 Å². The Balaban J connectivity index is 0. The highest BCUT2D eigenvalue weighted by molar-refractivity contribution is 7.53. The number of hydrogen-bond acceptors (Lipinski definition) is 3. The van der Waals surface area contributed by atoms with E-state index in [4.69, 9.17) is 10.8 Å². The lowest BCUT2D eigenvalue weighted by Crippen LogP contribution is -2.27. The molecule has 0 aromatic carbocycles. The average molecular weight is 297 g/mol. The van der Waals surface area contributed by atoms with Crippen LogP contribution in [0.15, 0.2) is 0 Å². The first-order valence-electron chi connectivity index (χ1n) is 7.21. The predicted octanol–water partition coefficient (Wildman–Crippen LogP) is 2.63. The molecule has 0 amide bonds. The molecule has 5 N–H and O–H groups in total. The topological polar surface area (TPSA) is 104 Å². The van der Waals surface area contributed by atoms with E-state index in [0.717, 1.165) is 25.7 Å². The SMILES string of the molecule is CCCCCC(CC)(CC)P(=O)(O)O.NCCCO. The van der Waals surface area contributed by atoms with Gasteiger partial charge in [0.25, 0.3) is 0 Å². The van der Waals surface area contributed by atoms with Crippen molar-refractivity contribution in [2.45, 2.75) is 70.9 Å². The zero-order chi connectivity index (χ0) is 15.4. The molecule has 0 radical (unpaired) electrons. The first-order valence-corrected chi connectivity index (χ1v) is 8.82. The molecule has 0 bridgehead atoms. The quantitative estimate of drug-likeness (QED) is 0.387. The molecule has 0 aliphatic rings. The summed E-state index contributed by atoms with van der Waals surface area (Å²) in [6.07, 6.45) is 5.57. The smallest absolute Gasteiger partial charge is 0.331 e. The molecule has 0 spiro atoms. The summed E-state index contributed by atoms with van der Waals surface area (Å²) in [5, 5.41) is 7.22. The number of nitrogens with two attached hydrogens (primary N) is 1. The van der Waals surface area contributed by atoms with Crippen LogP contribution in [0.2, 0.25) is 0 Å². The second-order valence-corrected chi connectivity index (χ2v) is 6.84. The van der Waals surface area contributed by atoms with Gasteiger partial charge >= 0.3 is 7.60 Å². The van der Waals surface area contributed by atoms with Gasteiger partial charge in [0.05, 0.1) is 5.16 Å². The van der Waals surface area contributed by atoms with E-state index in [1.54, 1.807) is 0 Å². The molecule has 0 aliphatic heterocycles. The third-order valence-electron chi connectivity index (χ3n) is 3.54. The first-order chi connectivity index (χ1) is 8.85. The van der Waals surface area contributed by atoms with E-state index >= 15 is 0 Å². The van der Waals surface area contributed by atoms with E-state index in [1.165, 1.54) is 0 Å². The van der Waals surface area contributed by atoms with E-state index in [2.05, 4.69) is 6.92 Å². The molecule has 0 heterocycles. The van der Waals surface area contributed by atoms with Gasteiger partial charge in [0.15, 0.2) is 0 Å². The summed E-state index contributed by atoms with van der Waals surface area (Å²) < 4.78 is 11.4. The number of aliphatic hydroxyl groups is 1. The van der Waals surface area contributed by atoms with Gasteiger partial charge in [-0.25, -0.2) is 0 Å². The zero-order valence-corrected chi connectivity index (χ0v) is 13.5. The Hall–Kier alpha value is 0.0700. The molecule has 19 heavy (non-hydrogen) atoms.